The van der Waals surface area contributed by atoms with E-state index < -0.39 is 6.69 Å². The van der Waals surface area contributed by atoms with Crippen LogP contribution in [0.1, 0.15) is 18.4 Å². The van der Waals surface area contributed by atoms with Crippen LogP contribution in [0.3, 0.4) is 0 Å². The van der Waals surface area contributed by atoms with Gasteiger partial charge in [0, 0.05) is 0 Å². The molecule has 0 radical (unpaired) electrons. The van der Waals surface area contributed by atoms with Crippen molar-refractivity contribution in [1.82, 2.24) is 0 Å². The second kappa shape index (κ2) is 4.49. The Bertz CT molecular complexity index is 253. The number of hydrogen-bond acceptors (Lipinski definition) is 0. The van der Waals surface area contributed by atoms with Gasteiger partial charge in [0.25, 0.3) is 0 Å². The highest BCUT2D eigenvalue weighted by molar-refractivity contribution is 7.44. The summed E-state index contributed by atoms with van der Waals surface area (Å²) in [5, 5.41) is 0. The lowest BCUT2D eigenvalue weighted by atomic mass is 10.0. The summed E-state index contributed by atoms with van der Waals surface area (Å²) in [5.41, 5.74) is 1.32. The van der Waals surface area contributed by atoms with E-state index in [4.69, 9.17) is 22.2 Å². The number of hydrogen-bond donors (Lipinski definition) is 0. The van der Waals surface area contributed by atoms with Crippen LogP contribution in [0, 0.1) is 0 Å². The fraction of sp³-hybridized carbons (Fsp3) is 0.400. The van der Waals surface area contributed by atoms with Crippen LogP contribution in [-0.2, 0) is 0 Å². The van der Waals surface area contributed by atoms with Crippen molar-refractivity contribution in [3.05, 3.63) is 35.9 Å². The first-order valence-electron chi connectivity index (χ1n) is 4.42. The van der Waals surface area contributed by atoms with Gasteiger partial charge in [0.1, 0.15) is 0 Å². The van der Waals surface area contributed by atoms with Gasteiger partial charge in [-0.05, 0) is 24.1 Å². The zero-order valence-electron chi connectivity index (χ0n) is 7.93. The molecule has 0 aliphatic rings. The average Bonchev–Trinajstić information content (AvgIpc) is 2.03. The van der Waals surface area contributed by atoms with Crippen molar-refractivity contribution in [3.63, 3.8) is 0 Å². The van der Waals surface area contributed by atoms with Crippen LogP contribution in [-0.4, -0.2) is 6.69 Å². The maximum Gasteiger partial charge on any atom is 0.249 e. The second-order valence-corrected chi connectivity index (χ2v) is 11.7. The molecular weight excluding hydrogens is 219 g/mol. The van der Waals surface area contributed by atoms with Crippen LogP contribution in [0.4, 0.5) is 0 Å². The molecule has 0 aliphatic heterocycles. The third kappa shape index (κ3) is 4.16. The molecule has 1 rings (SSSR count). The minimum absolute atomic E-state index is 0.466. The molecule has 0 aromatic heterocycles. The Labute approximate surface area is 90.3 Å². The Balaban J connectivity index is 2.64. The molecule has 0 N–H and O–H groups in total. The quantitative estimate of drug-likeness (QED) is 0.538. The van der Waals surface area contributed by atoms with Gasteiger partial charge < -0.3 is 0 Å². The minimum atomic E-state index is -1.96. The van der Waals surface area contributed by atoms with Gasteiger partial charge >= 0.3 is 0 Å². The van der Waals surface area contributed by atoms with Gasteiger partial charge in [-0.15, -0.1) is 22.2 Å². The van der Waals surface area contributed by atoms with E-state index in [0.717, 1.165) is 6.04 Å². The molecule has 1 unspecified atom stereocenters. The molecule has 0 heterocycles. The van der Waals surface area contributed by atoms with Gasteiger partial charge in [-0.1, -0.05) is 37.3 Å². The van der Waals surface area contributed by atoms with Gasteiger partial charge in [-0.3, -0.25) is 0 Å². The van der Waals surface area contributed by atoms with Crippen molar-refractivity contribution >= 4 is 28.9 Å². The average molecular weight is 233 g/mol. The van der Waals surface area contributed by atoms with Crippen LogP contribution in [0.2, 0.25) is 12.6 Å². The zero-order chi connectivity index (χ0) is 9.90. The topological polar surface area (TPSA) is 0 Å². The predicted octanol–water partition coefficient (Wildman–Crippen LogP) is 4.34. The standard InChI is InChI=1S/C10H14Cl2Si/c1-9(8-13(2,11)12)10-6-4-3-5-7-10/h3-7,9H,8H2,1-2H3. The van der Waals surface area contributed by atoms with Crippen molar-refractivity contribution in [3.8, 4) is 0 Å². The molecule has 1 aromatic carbocycles. The summed E-state index contributed by atoms with van der Waals surface area (Å²) in [7, 11) is 0. The van der Waals surface area contributed by atoms with Crippen molar-refractivity contribution in [2.45, 2.75) is 25.4 Å². The van der Waals surface area contributed by atoms with E-state index >= 15 is 0 Å². The van der Waals surface area contributed by atoms with E-state index in [-0.39, 0.29) is 0 Å². The summed E-state index contributed by atoms with van der Waals surface area (Å²) in [6.45, 7) is 2.18. The maximum atomic E-state index is 6.08. The number of rotatable bonds is 3. The van der Waals surface area contributed by atoms with Crippen LogP contribution >= 0.6 is 22.2 Å². The zero-order valence-corrected chi connectivity index (χ0v) is 10.4. The molecule has 13 heavy (non-hydrogen) atoms. The summed E-state index contributed by atoms with van der Waals surface area (Å²) in [6, 6.07) is 11.3. The molecule has 0 fully saturated rings. The smallest absolute Gasteiger partial charge is 0.146 e. The molecule has 1 atom stereocenters. The molecule has 0 aliphatic carbocycles. The van der Waals surface area contributed by atoms with Crippen molar-refractivity contribution < 1.29 is 0 Å². The SMILES string of the molecule is CC(C[Si](C)(Cl)Cl)c1ccccc1. The lowest BCUT2D eigenvalue weighted by Crippen LogP contribution is -2.15. The Morgan fingerprint density at radius 1 is 1.23 bits per heavy atom. The van der Waals surface area contributed by atoms with Gasteiger partial charge in [0.15, 0.2) is 0 Å². The highest BCUT2D eigenvalue weighted by atomic mass is 35.7. The van der Waals surface area contributed by atoms with Crippen LogP contribution < -0.4 is 0 Å². The van der Waals surface area contributed by atoms with Gasteiger partial charge in [-0.2, -0.15) is 0 Å². The Hall–Kier alpha value is 0.0169. The van der Waals surface area contributed by atoms with Gasteiger partial charge in [-0.25, -0.2) is 0 Å². The fourth-order valence-electron chi connectivity index (χ4n) is 1.44. The molecular formula is C10H14Cl2Si. The lowest BCUT2D eigenvalue weighted by Gasteiger charge is -2.17. The Morgan fingerprint density at radius 2 is 1.77 bits per heavy atom. The number of halogens is 2. The Morgan fingerprint density at radius 3 is 2.23 bits per heavy atom. The molecule has 0 nitrogen and oxygen atoms in total. The molecule has 72 valence electrons. The first-order chi connectivity index (χ1) is 5.99. The first kappa shape index (κ1) is 11.1. The van der Waals surface area contributed by atoms with Crippen LogP contribution in [0.5, 0.6) is 0 Å². The van der Waals surface area contributed by atoms with E-state index in [0.29, 0.717) is 5.92 Å². The normalized spacial score (nSPS) is 14.2. The minimum Gasteiger partial charge on any atom is -0.146 e. The van der Waals surface area contributed by atoms with Crippen LogP contribution in [0.25, 0.3) is 0 Å². The highest BCUT2D eigenvalue weighted by Crippen LogP contribution is 2.30. The molecule has 1 aromatic rings. The third-order valence-corrected chi connectivity index (χ3v) is 4.29. The van der Waals surface area contributed by atoms with E-state index in [1.165, 1.54) is 5.56 Å². The molecule has 3 heteroatoms. The molecule has 0 amide bonds. The first-order valence-corrected chi connectivity index (χ1v) is 9.15. The summed E-state index contributed by atoms with van der Waals surface area (Å²) in [6.07, 6.45) is 0. The maximum absolute atomic E-state index is 6.08. The van der Waals surface area contributed by atoms with E-state index in [2.05, 4.69) is 19.1 Å². The number of benzene rings is 1. The summed E-state index contributed by atoms with van der Waals surface area (Å²) >= 11 is 12.2. The largest absolute Gasteiger partial charge is 0.249 e. The third-order valence-electron chi connectivity index (χ3n) is 2.03. The predicted molar refractivity (Wildman–Crippen MR) is 63.0 cm³/mol. The summed E-state index contributed by atoms with van der Waals surface area (Å²) < 4.78 is 0. The van der Waals surface area contributed by atoms with Gasteiger partial charge in [0.05, 0.1) is 0 Å². The van der Waals surface area contributed by atoms with Crippen molar-refractivity contribution in [1.29, 1.82) is 0 Å². The lowest BCUT2D eigenvalue weighted by molar-refractivity contribution is 0.855. The monoisotopic (exact) mass is 232 g/mol. The molecule has 0 bridgehead atoms. The van der Waals surface area contributed by atoms with Gasteiger partial charge in [0.2, 0.25) is 6.69 Å². The summed E-state index contributed by atoms with van der Waals surface area (Å²) in [5.74, 6) is 0.466. The molecule has 0 saturated heterocycles. The fourth-order valence-corrected chi connectivity index (χ4v) is 4.14. The highest BCUT2D eigenvalue weighted by Gasteiger charge is 2.24. The van der Waals surface area contributed by atoms with Crippen molar-refractivity contribution in [2.24, 2.45) is 0 Å². The van der Waals surface area contributed by atoms with E-state index in [1.54, 1.807) is 0 Å². The molecule has 0 saturated carbocycles. The van der Waals surface area contributed by atoms with Crippen LogP contribution in [0.15, 0.2) is 30.3 Å². The van der Waals surface area contributed by atoms with Crippen molar-refractivity contribution in [2.75, 3.05) is 0 Å². The Kier molecular flexibility index (Phi) is 3.83. The van der Waals surface area contributed by atoms with E-state index in [9.17, 15) is 0 Å². The second-order valence-electron chi connectivity index (χ2n) is 3.59. The molecule has 0 spiro atoms. The van der Waals surface area contributed by atoms with E-state index in [1.807, 2.05) is 24.7 Å². The summed E-state index contributed by atoms with van der Waals surface area (Å²) in [4.78, 5) is 0.